The Morgan fingerprint density at radius 1 is 0.771 bits per heavy atom. The number of hydrogen-bond donors (Lipinski definition) is 1. The van der Waals surface area contributed by atoms with Crippen molar-refractivity contribution in [1.82, 2.24) is 9.80 Å². The van der Waals surface area contributed by atoms with Crippen molar-refractivity contribution in [2.45, 2.75) is 26.9 Å². The first-order chi connectivity index (χ1) is 17.0. The predicted octanol–water partition coefficient (Wildman–Crippen LogP) is 7.51. The van der Waals surface area contributed by atoms with Crippen LogP contribution in [0.15, 0.2) is 66.7 Å². The van der Waals surface area contributed by atoms with Gasteiger partial charge < -0.3 is 5.11 Å². The van der Waals surface area contributed by atoms with E-state index in [9.17, 15) is 5.11 Å². The van der Waals surface area contributed by atoms with Gasteiger partial charge in [-0.2, -0.15) is 0 Å². The minimum atomic E-state index is 0.367. The van der Waals surface area contributed by atoms with E-state index in [2.05, 4.69) is 78.2 Å². The largest absolute Gasteiger partial charge is 0.508 e. The number of rotatable bonds is 6. The van der Waals surface area contributed by atoms with Crippen molar-refractivity contribution in [3.8, 4) is 27.3 Å². The molecule has 0 radical (unpaired) electrons. The lowest BCUT2D eigenvalue weighted by Crippen LogP contribution is -2.45. The van der Waals surface area contributed by atoms with E-state index < -0.39 is 0 Å². The molecule has 3 nitrogen and oxygen atoms in total. The van der Waals surface area contributed by atoms with Crippen molar-refractivity contribution < 1.29 is 5.11 Å². The van der Waals surface area contributed by atoms with Gasteiger partial charge in [-0.05, 0) is 54.3 Å². The number of aromatic hydroxyl groups is 1. The van der Waals surface area contributed by atoms with Crippen LogP contribution in [0.1, 0.15) is 22.3 Å². The van der Waals surface area contributed by atoms with Gasteiger partial charge in [0.05, 0.1) is 4.88 Å². The van der Waals surface area contributed by atoms with Crippen LogP contribution < -0.4 is 0 Å². The molecule has 1 saturated heterocycles. The molecule has 0 bridgehead atoms. The van der Waals surface area contributed by atoms with Crippen LogP contribution in [0.5, 0.6) is 5.75 Å². The summed E-state index contributed by atoms with van der Waals surface area (Å²) < 4.78 is 0.924. The second-order valence-electron chi connectivity index (χ2n) is 9.35. The first-order valence-electron chi connectivity index (χ1n) is 12.0. The van der Waals surface area contributed by atoms with Crippen molar-refractivity contribution in [3.63, 3.8) is 0 Å². The van der Waals surface area contributed by atoms with Crippen molar-refractivity contribution >= 4 is 32.9 Å². The second kappa shape index (κ2) is 10.7. The van der Waals surface area contributed by atoms with Gasteiger partial charge in [0.2, 0.25) is 0 Å². The Kier molecular flexibility index (Phi) is 7.46. The smallest absolute Gasteiger partial charge is 0.120 e. The summed E-state index contributed by atoms with van der Waals surface area (Å²) in [4.78, 5) is 6.17. The molecule has 1 N–H and O–H groups in total. The lowest BCUT2D eigenvalue weighted by atomic mass is 10.0. The van der Waals surface area contributed by atoms with Gasteiger partial charge >= 0.3 is 0 Å². The summed E-state index contributed by atoms with van der Waals surface area (Å²) in [5.41, 5.74) is 8.42. The molecule has 6 heteroatoms. The molecule has 1 aliphatic heterocycles. The van der Waals surface area contributed by atoms with Crippen molar-refractivity contribution in [2.75, 3.05) is 26.2 Å². The average molecular weight is 519 g/mol. The Balaban J connectivity index is 1.30. The Hall–Kier alpha value is -2.35. The number of benzene rings is 3. The summed E-state index contributed by atoms with van der Waals surface area (Å²) in [5.74, 6) is 0.367. The number of piperazine rings is 1. The molecule has 1 aromatic heterocycles. The first kappa shape index (κ1) is 24.3. The third-order valence-corrected chi connectivity index (χ3v) is 9.89. The summed E-state index contributed by atoms with van der Waals surface area (Å²) in [6.07, 6.45) is 0. The van der Waals surface area contributed by atoms with Crippen LogP contribution in [0.3, 0.4) is 0 Å². The quantitative estimate of drug-likeness (QED) is 0.211. The number of aryl methyl sites for hydroxylation is 2. The van der Waals surface area contributed by atoms with Crippen molar-refractivity contribution in [1.29, 1.82) is 0 Å². The van der Waals surface area contributed by atoms with Crippen LogP contribution in [0, 0.1) is 17.7 Å². The monoisotopic (exact) mass is 518 g/mol. The van der Waals surface area contributed by atoms with Crippen LogP contribution in [-0.4, -0.2) is 41.1 Å². The zero-order valence-electron chi connectivity index (χ0n) is 20.2. The molecule has 4 aromatic rings. The molecule has 1 aliphatic rings. The molecule has 2 heterocycles. The Labute approximate surface area is 220 Å². The molecule has 0 atom stereocenters. The maximum Gasteiger partial charge on any atom is 0.120 e. The van der Waals surface area contributed by atoms with Crippen LogP contribution in [0.2, 0.25) is 0 Å². The first-order valence-corrected chi connectivity index (χ1v) is 14.6. The third kappa shape index (κ3) is 5.57. The molecule has 3 aromatic carbocycles. The number of nitrogens with zero attached hydrogens (tertiary/aromatic N) is 2. The van der Waals surface area contributed by atoms with Gasteiger partial charge in [0, 0.05) is 50.4 Å². The molecule has 0 spiro atoms. The summed E-state index contributed by atoms with van der Waals surface area (Å²) >= 11 is 5.71. The highest BCUT2D eigenvalue weighted by Gasteiger charge is 2.20. The number of hydrogen-bond acceptors (Lipinski definition) is 6. The van der Waals surface area contributed by atoms with Gasteiger partial charge in [-0.25, -0.2) is 0 Å². The van der Waals surface area contributed by atoms with Gasteiger partial charge in [-0.15, -0.1) is 0 Å². The van der Waals surface area contributed by atoms with E-state index in [-0.39, 0.29) is 0 Å². The fraction of sp³-hybridized carbons (Fsp3) is 0.276. The fourth-order valence-electron chi connectivity index (χ4n) is 4.65. The van der Waals surface area contributed by atoms with Crippen LogP contribution in [0.4, 0.5) is 0 Å². The topological polar surface area (TPSA) is 26.7 Å². The van der Waals surface area contributed by atoms with E-state index in [1.807, 2.05) is 12.1 Å². The number of phenolic OH excluding ortho intramolecular Hbond substituents is 1. The summed E-state index contributed by atoms with van der Waals surface area (Å²) in [6.45, 7) is 10.1. The van der Waals surface area contributed by atoms with E-state index in [0.29, 0.717) is 5.75 Å². The minimum absolute atomic E-state index is 0.367. The van der Waals surface area contributed by atoms with Crippen LogP contribution in [0.25, 0.3) is 21.6 Å². The standard InChI is InChI=1S/C29H30N2OS3/c1-20-7-9-22(10-8-20)27-28(34-35-29(27)33)23-11-12-26(32)25(17-23)19-31-15-13-30(14-16-31)18-24-6-4-3-5-21(24)2/h3-12,17,32H,13-16,18-19H2,1-2H3. The van der Waals surface area contributed by atoms with Gasteiger partial charge in [0.15, 0.2) is 0 Å². The zero-order chi connectivity index (χ0) is 24.4. The van der Waals surface area contributed by atoms with Crippen molar-refractivity contribution in [2.24, 2.45) is 0 Å². The normalized spacial score (nSPS) is 14.9. The Morgan fingerprint density at radius 2 is 1.40 bits per heavy atom. The Morgan fingerprint density at radius 3 is 2.09 bits per heavy atom. The summed E-state index contributed by atoms with van der Waals surface area (Å²) in [7, 11) is 3.38. The Bertz CT molecular complexity index is 1370. The molecule has 35 heavy (non-hydrogen) atoms. The second-order valence-corrected chi connectivity index (χ2v) is 12.2. The van der Waals surface area contributed by atoms with E-state index >= 15 is 0 Å². The van der Waals surface area contributed by atoms with E-state index in [1.165, 1.54) is 21.6 Å². The summed E-state index contributed by atoms with van der Waals surface area (Å²) in [5, 5.41) is 10.7. The van der Waals surface area contributed by atoms with Gasteiger partial charge in [0.25, 0.3) is 0 Å². The lowest BCUT2D eigenvalue weighted by Gasteiger charge is -2.35. The van der Waals surface area contributed by atoms with Crippen LogP contribution in [-0.2, 0) is 13.1 Å². The van der Waals surface area contributed by atoms with Crippen LogP contribution >= 0.6 is 32.9 Å². The average Bonchev–Trinajstić information content (AvgIpc) is 3.25. The molecule has 1 fully saturated rings. The van der Waals surface area contributed by atoms with E-state index in [0.717, 1.165) is 65.3 Å². The van der Waals surface area contributed by atoms with Gasteiger partial charge in [-0.1, -0.05) is 87.0 Å². The minimum Gasteiger partial charge on any atom is -0.508 e. The predicted molar refractivity (Wildman–Crippen MR) is 152 cm³/mol. The lowest BCUT2D eigenvalue weighted by molar-refractivity contribution is 0.121. The molecule has 0 saturated carbocycles. The van der Waals surface area contributed by atoms with E-state index in [1.54, 1.807) is 20.7 Å². The summed E-state index contributed by atoms with van der Waals surface area (Å²) in [6, 6.07) is 23.2. The highest BCUT2D eigenvalue weighted by Crippen LogP contribution is 2.42. The SMILES string of the molecule is Cc1ccc(-c2c(-c3ccc(O)c(CN4CCN(Cc5ccccc5C)CC4)c3)ssc2=S)cc1. The molecule has 0 unspecified atom stereocenters. The molecule has 0 aliphatic carbocycles. The number of phenols is 1. The van der Waals surface area contributed by atoms with Gasteiger partial charge in [-0.3, -0.25) is 9.80 Å². The van der Waals surface area contributed by atoms with E-state index in [4.69, 9.17) is 12.2 Å². The zero-order valence-corrected chi connectivity index (χ0v) is 22.6. The third-order valence-electron chi connectivity index (χ3n) is 6.83. The maximum absolute atomic E-state index is 10.7. The molecule has 5 rings (SSSR count). The molecular formula is C29H30N2OS3. The highest BCUT2D eigenvalue weighted by molar-refractivity contribution is 7.80. The fourth-order valence-corrected chi connectivity index (χ4v) is 7.56. The van der Waals surface area contributed by atoms with Crippen molar-refractivity contribution in [3.05, 3.63) is 92.8 Å². The molecule has 180 valence electrons. The molecule has 0 amide bonds. The highest BCUT2D eigenvalue weighted by atomic mass is 32.9. The molecular weight excluding hydrogens is 489 g/mol. The maximum atomic E-state index is 10.7. The van der Waals surface area contributed by atoms with Gasteiger partial charge in [0.1, 0.15) is 9.57 Å².